The molecule has 0 N–H and O–H groups in total. The van der Waals surface area contributed by atoms with E-state index < -0.39 is 0 Å². The predicted octanol–water partition coefficient (Wildman–Crippen LogP) is 2.27. The van der Waals surface area contributed by atoms with Crippen LogP contribution in [0.1, 0.15) is 12.8 Å². The van der Waals surface area contributed by atoms with E-state index in [0.29, 0.717) is 11.6 Å². The Hall–Kier alpha value is -1.26. The summed E-state index contributed by atoms with van der Waals surface area (Å²) in [4.78, 5) is 15.9. The second-order valence-electron chi connectivity index (χ2n) is 5.23. The first-order valence-corrected chi connectivity index (χ1v) is 7.29. The molecule has 1 aliphatic rings. The number of rotatable bonds is 5. The number of amides is 1. The van der Waals surface area contributed by atoms with Gasteiger partial charge in [-0.15, -0.1) is 0 Å². The van der Waals surface area contributed by atoms with Crippen LogP contribution in [0.4, 0.5) is 0 Å². The second kappa shape index (κ2) is 6.95. The van der Waals surface area contributed by atoms with E-state index in [1.54, 1.807) is 25.1 Å². The first kappa shape index (κ1) is 15.1. The van der Waals surface area contributed by atoms with Crippen LogP contribution in [0.5, 0.6) is 5.75 Å². The molecule has 1 aliphatic heterocycles. The fourth-order valence-corrected chi connectivity index (χ4v) is 2.69. The molecule has 20 heavy (non-hydrogen) atoms. The average molecular weight is 297 g/mol. The Morgan fingerprint density at radius 3 is 3.00 bits per heavy atom. The molecule has 1 heterocycles. The highest BCUT2D eigenvalue weighted by atomic mass is 35.5. The third-order valence-electron chi connectivity index (χ3n) is 3.53. The number of hydrogen-bond donors (Lipinski definition) is 0. The van der Waals surface area contributed by atoms with Crippen LogP contribution in [-0.2, 0) is 4.79 Å². The van der Waals surface area contributed by atoms with Crippen molar-refractivity contribution in [3.05, 3.63) is 29.3 Å². The summed E-state index contributed by atoms with van der Waals surface area (Å²) in [5, 5.41) is 0.671. The van der Waals surface area contributed by atoms with E-state index in [1.807, 2.05) is 18.2 Å². The highest BCUT2D eigenvalue weighted by Crippen LogP contribution is 2.20. The Morgan fingerprint density at radius 2 is 2.30 bits per heavy atom. The van der Waals surface area contributed by atoms with Gasteiger partial charge in [0, 0.05) is 25.7 Å². The molecule has 0 radical (unpaired) electrons. The van der Waals surface area contributed by atoms with Gasteiger partial charge >= 0.3 is 0 Å². The molecule has 4 nitrogen and oxygen atoms in total. The first-order chi connectivity index (χ1) is 9.58. The predicted molar refractivity (Wildman–Crippen MR) is 80.2 cm³/mol. The van der Waals surface area contributed by atoms with Crippen LogP contribution in [0, 0.1) is 0 Å². The number of carbonyl (C=O) groups excluding carboxylic acids is 1. The lowest BCUT2D eigenvalue weighted by atomic mass is 10.2. The van der Waals surface area contributed by atoms with E-state index >= 15 is 0 Å². The van der Waals surface area contributed by atoms with Crippen molar-refractivity contribution < 1.29 is 9.53 Å². The SMILES string of the molecule is CN(C)C(=O)C1CCCN1CCOc1cccc(Cl)c1. The Kier molecular flexibility index (Phi) is 5.26. The standard InChI is InChI=1S/C15H21ClN2O2/c1-17(2)15(19)14-7-4-8-18(14)9-10-20-13-6-3-5-12(16)11-13/h3,5-6,11,14H,4,7-10H2,1-2H3. The summed E-state index contributed by atoms with van der Waals surface area (Å²) in [6.07, 6.45) is 2.01. The average Bonchev–Trinajstić information content (AvgIpc) is 2.86. The van der Waals surface area contributed by atoms with Crippen molar-refractivity contribution in [3.8, 4) is 5.75 Å². The molecule has 1 unspecified atom stereocenters. The van der Waals surface area contributed by atoms with E-state index in [1.165, 1.54) is 0 Å². The summed E-state index contributed by atoms with van der Waals surface area (Å²) in [6, 6.07) is 7.38. The number of nitrogens with zero attached hydrogens (tertiary/aromatic N) is 2. The maximum absolute atomic E-state index is 12.1. The van der Waals surface area contributed by atoms with Crippen molar-refractivity contribution in [2.24, 2.45) is 0 Å². The molecule has 0 bridgehead atoms. The highest BCUT2D eigenvalue weighted by molar-refractivity contribution is 6.30. The van der Waals surface area contributed by atoms with Crippen LogP contribution in [0.3, 0.4) is 0 Å². The minimum atomic E-state index is 0.00737. The van der Waals surface area contributed by atoms with E-state index in [-0.39, 0.29) is 11.9 Å². The lowest BCUT2D eigenvalue weighted by Gasteiger charge is -2.25. The largest absolute Gasteiger partial charge is 0.492 e. The molecule has 5 heteroatoms. The van der Waals surface area contributed by atoms with Gasteiger partial charge in [0.1, 0.15) is 12.4 Å². The number of ether oxygens (including phenoxy) is 1. The van der Waals surface area contributed by atoms with Crippen molar-refractivity contribution >= 4 is 17.5 Å². The first-order valence-electron chi connectivity index (χ1n) is 6.91. The van der Waals surface area contributed by atoms with Crippen molar-refractivity contribution in [2.45, 2.75) is 18.9 Å². The lowest BCUT2D eigenvalue weighted by Crippen LogP contribution is -2.44. The quantitative estimate of drug-likeness (QED) is 0.836. The monoisotopic (exact) mass is 296 g/mol. The van der Waals surface area contributed by atoms with Crippen molar-refractivity contribution in [3.63, 3.8) is 0 Å². The zero-order valence-corrected chi connectivity index (χ0v) is 12.8. The summed E-state index contributed by atoms with van der Waals surface area (Å²) in [7, 11) is 3.61. The van der Waals surface area contributed by atoms with Gasteiger partial charge in [0.25, 0.3) is 0 Å². The molecular formula is C15H21ClN2O2. The van der Waals surface area contributed by atoms with Crippen molar-refractivity contribution in [2.75, 3.05) is 33.8 Å². The van der Waals surface area contributed by atoms with Crippen LogP contribution in [0.15, 0.2) is 24.3 Å². The molecule has 1 aromatic rings. The van der Waals surface area contributed by atoms with Crippen molar-refractivity contribution in [1.82, 2.24) is 9.80 Å². The van der Waals surface area contributed by atoms with E-state index in [2.05, 4.69) is 4.90 Å². The minimum Gasteiger partial charge on any atom is -0.492 e. The second-order valence-corrected chi connectivity index (χ2v) is 5.67. The third kappa shape index (κ3) is 3.87. The molecular weight excluding hydrogens is 276 g/mol. The third-order valence-corrected chi connectivity index (χ3v) is 3.77. The van der Waals surface area contributed by atoms with Crippen LogP contribution >= 0.6 is 11.6 Å². The maximum Gasteiger partial charge on any atom is 0.239 e. The smallest absolute Gasteiger partial charge is 0.239 e. The molecule has 1 saturated heterocycles. The van der Waals surface area contributed by atoms with Crippen molar-refractivity contribution in [1.29, 1.82) is 0 Å². The molecule has 1 amide bonds. The van der Waals surface area contributed by atoms with Gasteiger partial charge in [-0.05, 0) is 37.6 Å². The topological polar surface area (TPSA) is 32.8 Å². The minimum absolute atomic E-state index is 0.00737. The molecule has 1 aromatic carbocycles. The van der Waals surface area contributed by atoms with Gasteiger partial charge in [0.2, 0.25) is 5.91 Å². The van der Waals surface area contributed by atoms with E-state index in [4.69, 9.17) is 16.3 Å². The molecule has 0 saturated carbocycles. The van der Waals surface area contributed by atoms with E-state index in [0.717, 1.165) is 31.7 Å². The summed E-state index contributed by atoms with van der Waals surface area (Å²) in [5.41, 5.74) is 0. The highest BCUT2D eigenvalue weighted by Gasteiger charge is 2.31. The van der Waals surface area contributed by atoms with Crippen LogP contribution in [-0.4, -0.2) is 55.5 Å². The summed E-state index contributed by atoms with van der Waals surface area (Å²) < 4.78 is 5.69. The molecule has 110 valence electrons. The normalized spacial score (nSPS) is 19.1. The number of halogens is 1. The summed E-state index contributed by atoms with van der Waals surface area (Å²) in [6.45, 7) is 2.29. The molecule has 0 aliphatic carbocycles. The zero-order valence-electron chi connectivity index (χ0n) is 12.0. The van der Waals surface area contributed by atoms with Crippen LogP contribution in [0.2, 0.25) is 5.02 Å². The number of hydrogen-bond acceptors (Lipinski definition) is 3. The molecule has 2 rings (SSSR count). The van der Waals surface area contributed by atoms with Gasteiger partial charge < -0.3 is 9.64 Å². The Bertz CT molecular complexity index is 465. The molecule has 1 fully saturated rings. The summed E-state index contributed by atoms with van der Waals surface area (Å²) in [5.74, 6) is 0.956. The Morgan fingerprint density at radius 1 is 1.50 bits per heavy atom. The lowest BCUT2D eigenvalue weighted by molar-refractivity contribution is -0.133. The van der Waals surface area contributed by atoms with Gasteiger partial charge in [-0.1, -0.05) is 17.7 Å². The Labute approximate surface area is 125 Å². The van der Waals surface area contributed by atoms with E-state index in [9.17, 15) is 4.79 Å². The Balaban J connectivity index is 1.82. The maximum atomic E-state index is 12.1. The van der Waals surface area contributed by atoms with Gasteiger partial charge in [-0.25, -0.2) is 0 Å². The summed E-state index contributed by atoms with van der Waals surface area (Å²) >= 11 is 5.91. The van der Waals surface area contributed by atoms with Gasteiger partial charge in [0.15, 0.2) is 0 Å². The van der Waals surface area contributed by atoms with Gasteiger partial charge in [0.05, 0.1) is 6.04 Å². The number of likely N-dealkylation sites (N-methyl/N-ethyl adjacent to an activating group) is 1. The number of likely N-dealkylation sites (tertiary alicyclic amines) is 1. The fraction of sp³-hybridized carbons (Fsp3) is 0.533. The van der Waals surface area contributed by atoms with Gasteiger partial charge in [-0.3, -0.25) is 9.69 Å². The van der Waals surface area contributed by atoms with Crippen LogP contribution < -0.4 is 4.74 Å². The number of benzene rings is 1. The number of carbonyl (C=O) groups is 1. The molecule has 0 spiro atoms. The molecule has 0 aromatic heterocycles. The zero-order chi connectivity index (χ0) is 14.5. The van der Waals surface area contributed by atoms with Gasteiger partial charge in [-0.2, -0.15) is 0 Å². The fourth-order valence-electron chi connectivity index (χ4n) is 2.51. The molecule has 1 atom stereocenters. The van der Waals surface area contributed by atoms with Crippen LogP contribution in [0.25, 0.3) is 0 Å².